The third-order valence-electron chi connectivity index (χ3n) is 2.54. The van der Waals surface area contributed by atoms with Gasteiger partial charge in [-0.1, -0.05) is 22.0 Å². The van der Waals surface area contributed by atoms with Crippen LogP contribution in [0.2, 0.25) is 0 Å². The van der Waals surface area contributed by atoms with Crippen LogP contribution in [-0.4, -0.2) is 11.1 Å². The number of benzene rings is 2. The maximum atomic E-state index is 13.4. The van der Waals surface area contributed by atoms with Gasteiger partial charge < -0.3 is 9.84 Å². The number of aryl methyl sites for hydroxylation is 1. The van der Waals surface area contributed by atoms with Gasteiger partial charge >= 0.3 is 5.97 Å². The molecule has 0 unspecified atom stereocenters. The van der Waals surface area contributed by atoms with Crippen LogP contribution in [0.15, 0.2) is 40.9 Å². The topological polar surface area (TPSA) is 46.5 Å². The van der Waals surface area contributed by atoms with E-state index in [-0.39, 0.29) is 17.1 Å². The van der Waals surface area contributed by atoms with E-state index in [0.717, 1.165) is 0 Å². The van der Waals surface area contributed by atoms with Crippen molar-refractivity contribution in [2.24, 2.45) is 0 Å². The molecule has 0 heterocycles. The fraction of sp³-hybridized carbons (Fsp3) is 0.0714. The van der Waals surface area contributed by atoms with Gasteiger partial charge in [0.05, 0.1) is 0 Å². The van der Waals surface area contributed by atoms with E-state index < -0.39 is 11.8 Å². The van der Waals surface area contributed by atoms with E-state index in [4.69, 9.17) is 9.84 Å². The maximum absolute atomic E-state index is 13.4. The maximum Gasteiger partial charge on any atom is 0.339 e. The molecule has 0 aliphatic heterocycles. The summed E-state index contributed by atoms with van der Waals surface area (Å²) in [4.78, 5) is 11.1. The summed E-state index contributed by atoms with van der Waals surface area (Å²) in [6.07, 6.45) is 0. The van der Waals surface area contributed by atoms with Gasteiger partial charge in [-0.2, -0.15) is 0 Å². The Labute approximate surface area is 117 Å². The molecule has 0 aliphatic rings. The van der Waals surface area contributed by atoms with E-state index in [1.165, 1.54) is 18.2 Å². The molecule has 0 amide bonds. The lowest BCUT2D eigenvalue weighted by Crippen LogP contribution is -2.00. The first kappa shape index (κ1) is 13.5. The summed E-state index contributed by atoms with van der Waals surface area (Å²) in [5, 5.41) is 9.09. The summed E-state index contributed by atoms with van der Waals surface area (Å²) in [5.41, 5.74) is 0.511. The minimum absolute atomic E-state index is 0.00959. The number of carboxylic acid groups (broad SMARTS) is 1. The zero-order chi connectivity index (χ0) is 14.0. The van der Waals surface area contributed by atoms with Crippen LogP contribution in [-0.2, 0) is 0 Å². The Morgan fingerprint density at radius 3 is 2.63 bits per heavy atom. The summed E-state index contributed by atoms with van der Waals surface area (Å²) < 4.78 is 19.5. The number of aromatic carboxylic acids is 1. The van der Waals surface area contributed by atoms with Crippen molar-refractivity contribution in [3.63, 3.8) is 0 Å². The van der Waals surface area contributed by atoms with Gasteiger partial charge in [-0.25, -0.2) is 9.18 Å². The average molecular weight is 325 g/mol. The van der Waals surface area contributed by atoms with Crippen molar-refractivity contribution < 1.29 is 19.0 Å². The second-order valence-corrected chi connectivity index (χ2v) is 4.87. The first-order chi connectivity index (χ1) is 8.97. The Morgan fingerprint density at radius 1 is 1.26 bits per heavy atom. The van der Waals surface area contributed by atoms with Gasteiger partial charge in [0, 0.05) is 10.5 Å². The molecule has 0 spiro atoms. The molecule has 19 heavy (non-hydrogen) atoms. The summed E-state index contributed by atoms with van der Waals surface area (Å²) in [7, 11) is 0. The lowest BCUT2D eigenvalue weighted by Gasteiger charge is -2.09. The van der Waals surface area contributed by atoms with E-state index in [1.807, 2.05) is 0 Å². The van der Waals surface area contributed by atoms with Crippen LogP contribution in [0.3, 0.4) is 0 Å². The molecule has 0 aromatic heterocycles. The van der Waals surface area contributed by atoms with E-state index in [9.17, 15) is 9.18 Å². The van der Waals surface area contributed by atoms with Crippen LogP contribution >= 0.6 is 15.9 Å². The molecule has 98 valence electrons. The molecule has 1 N–H and O–H groups in total. The highest BCUT2D eigenvalue weighted by Gasteiger charge is 2.13. The number of hydrogen-bond acceptors (Lipinski definition) is 2. The molecule has 3 nitrogen and oxygen atoms in total. The molecule has 0 fully saturated rings. The predicted molar refractivity (Wildman–Crippen MR) is 72.3 cm³/mol. The molecule has 0 atom stereocenters. The summed E-state index contributed by atoms with van der Waals surface area (Å²) in [6, 6.07) is 9.00. The number of halogens is 2. The van der Waals surface area contributed by atoms with E-state index >= 15 is 0 Å². The van der Waals surface area contributed by atoms with Gasteiger partial charge in [0.2, 0.25) is 0 Å². The van der Waals surface area contributed by atoms with Gasteiger partial charge in [-0.15, -0.1) is 0 Å². The van der Waals surface area contributed by atoms with Crippen molar-refractivity contribution in [3.05, 3.63) is 57.8 Å². The van der Waals surface area contributed by atoms with Crippen LogP contribution in [0.1, 0.15) is 15.9 Å². The highest BCUT2D eigenvalue weighted by Crippen LogP contribution is 2.29. The fourth-order valence-corrected chi connectivity index (χ4v) is 1.88. The third kappa shape index (κ3) is 3.12. The number of rotatable bonds is 3. The van der Waals surface area contributed by atoms with Gasteiger partial charge in [-0.3, -0.25) is 0 Å². The van der Waals surface area contributed by atoms with Crippen molar-refractivity contribution >= 4 is 21.9 Å². The predicted octanol–water partition coefficient (Wildman–Crippen LogP) is 4.39. The standard InChI is InChI=1S/C14H10BrFO3/c1-8-2-4-10(7-12(8)16)19-13-5-3-9(15)6-11(13)14(17)18/h2-7H,1H3,(H,17,18). The minimum Gasteiger partial charge on any atom is -0.478 e. The zero-order valence-electron chi connectivity index (χ0n) is 9.98. The SMILES string of the molecule is Cc1ccc(Oc2ccc(Br)cc2C(=O)O)cc1F. The quantitative estimate of drug-likeness (QED) is 0.910. The summed E-state index contributed by atoms with van der Waals surface area (Å²) in [6.45, 7) is 1.64. The molecule has 2 aromatic carbocycles. The largest absolute Gasteiger partial charge is 0.478 e. The normalized spacial score (nSPS) is 10.3. The molecule has 0 radical (unpaired) electrons. The lowest BCUT2D eigenvalue weighted by molar-refractivity contribution is 0.0694. The Bertz CT molecular complexity index is 641. The number of ether oxygens (including phenoxy) is 1. The smallest absolute Gasteiger partial charge is 0.339 e. The molecule has 0 bridgehead atoms. The van der Waals surface area contributed by atoms with E-state index in [1.54, 1.807) is 25.1 Å². The molecular formula is C14H10BrFO3. The van der Waals surface area contributed by atoms with Gasteiger partial charge in [0.25, 0.3) is 0 Å². The number of carboxylic acids is 1. The molecule has 0 saturated heterocycles. The van der Waals surface area contributed by atoms with Crippen LogP contribution in [0, 0.1) is 12.7 Å². The van der Waals surface area contributed by atoms with Crippen LogP contribution in [0.25, 0.3) is 0 Å². The fourth-order valence-electron chi connectivity index (χ4n) is 1.52. The molecular weight excluding hydrogens is 315 g/mol. The van der Waals surface area contributed by atoms with Gasteiger partial charge in [0.15, 0.2) is 0 Å². The van der Waals surface area contributed by atoms with Crippen molar-refractivity contribution in [1.29, 1.82) is 0 Å². The molecule has 0 aliphatic carbocycles. The summed E-state index contributed by atoms with van der Waals surface area (Å²) in [5.74, 6) is -1.08. The second kappa shape index (κ2) is 5.40. The Hall–Kier alpha value is -1.88. The molecule has 2 aromatic rings. The van der Waals surface area contributed by atoms with Crippen molar-refractivity contribution in [1.82, 2.24) is 0 Å². The number of hydrogen-bond donors (Lipinski definition) is 1. The van der Waals surface area contributed by atoms with E-state index in [0.29, 0.717) is 10.0 Å². The lowest BCUT2D eigenvalue weighted by atomic mass is 10.2. The number of carbonyl (C=O) groups is 1. The van der Waals surface area contributed by atoms with E-state index in [2.05, 4.69) is 15.9 Å². The van der Waals surface area contributed by atoms with Gasteiger partial charge in [-0.05, 0) is 36.8 Å². The minimum atomic E-state index is -1.11. The van der Waals surface area contributed by atoms with Crippen LogP contribution in [0.5, 0.6) is 11.5 Å². The average Bonchev–Trinajstić information content (AvgIpc) is 2.36. The Morgan fingerprint density at radius 2 is 2.00 bits per heavy atom. The first-order valence-corrected chi connectivity index (χ1v) is 6.23. The first-order valence-electron chi connectivity index (χ1n) is 5.44. The molecule has 2 rings (SSSR count). The van der Waals surface area contributed by atoms with Crippen molar-refractivity contribution in [2.45, 2.75) is 6.92 Å². The summed E-state index contributed by atoms with van der Waals surface area (Å²) >= 11 is 3.19. The highest BCUT2D eigenvalue weighted by molar-refractivity contribution is 9.10. The zero-order valence-corrected chi connectivity index (χ0v) is 11.6. The Kier molecular flexibility index (Phi) is 3.85. The van der Waals surface area contributed by atoms with Gasteiger partial charge in [0.1, 0.15) is 22.9 Å². The molecule has 0 saturated carbocycles. The van der Waals surface area contributed by atoms with Crippen LogP contribution in [0.4, 0.5) is 4.39 Å². The van der Waals surface area contributed by atoms with Crippen LogP contribution < -0.4 is 4.74 Å². The Balaban J connectivity index is 2.37. The van der Waals surface area contributed by atoms with Crippen molar-refractivity contribution in [2.75, 3.05) is 0 Å². The monoisotopic (exact) mass is 324 g/mol. The highest BCUT2D eigenvalue weighted by atomic mass is 79.9. The molecule has 5 heteroatoms. The third-order valence-corrected chi connectivity index (χ3v) is 3.04. The second-order valence-electron chi connectivity index (χ2n) is 3.96. The van der Waals surface area contributed by atoms with Crippen molar-refractivity contribution in [3.8, 4) is 11.5 Å².